The number of hydrogen-bond donors (Lipinski definition) is 2. The van der Waals surface area contributed by atoms with E-state index in [4.69, 9.17) is 14.2 Å². The minimum atomic E-state index is -0.748. The molecule has 42 heavy (non-hydrogen) atoms. The Bertz CT molecular complexity index is 1130. The zero-order chi connectivity index (χ0) is 29.7. The number of methoxy groups -OCH3 is 1. The number of nitrogens with zero attached hydrogens (tertiary/aromatic N) is 1. The van der Waals surface area contributed by atoms with Gasteiger partial charge in [-0.3, -0.25) is 9.59 Å². The molecule has 9 heteroatoms. The van der Waals surface area contributed by atoms with Crippen LogP contribution in [-0.2, 0) is 41.6 Å². The Balaban J connectivity index is 1.33. The van der Waals surface area contributed by atoms with Crippen molar-refractivity contribution in [3.8, 4) is 5.75 Å². The maximum absolute atomic E-state index is 14.0. The Morgan fingerprint density at radius 1 is 0.976 bits per heavy atom. The second-order valence-electron chi connectivity index (χ2n) is 11.3. The summed E-state index contributed by atoms with van der Waals surface area (Å²) in [5, 5.41) is 12.5. The van der Waals surface area contributed by atoms with Gasteiger partial charge in [-0.25, -0.2) is 4.79 Å². The first-order chi connectivity index (χ1) is 20.4. The van der Waals surface area contributed by atoms with Crippen molar-refractivity contribution in [2.24, 2.45) is 5.92 Å². The molecule has 1 aliphatic heterocycles. The van der Waals surface area contributed by atoms with Crippen LogP contribution in [0, 0.1) is 5.92 Å². The molecule has 0 bridgehead atoms. The van der Waals surface area contributed by atoms with Gasteiger partial charge in [0.25, 0.3) is 0 Å². The largest absolute Gasteiger partial charge is 0.508 e. The van der Waals surface area contributed by atoms with Crippen molar-refractivity contribution in [1.82, 2.24) is 10.2 Å². The van der Waals surface area contributed by atoms with Crippen LogP contribution in [-0.4, -0.2) is 72.8 Å². The molecule has 1 saturated carbocycles. The highest BCUT2D eigenvalue weighted by atomic mass is 16.5. The molecule has 0 spiro atoms. The lowest BCUT2D eigenvalue weighted by molar-refractivity contribution is -0.152. The van der Waals surface area contributed by atoms with E-state index >= 15 is 0 Å². The highest BCUT2D eigenvalue weighted by Crippen LogP contribution is 2.30. The van der Waals surface area contributed by atoms with Crippen LogP contribution in [0.3, 0.4) is 0 Å². The summed E-state index contributed by atoms with van der Waals surface area (Å²) in [6.07, 6.45) is 6.32. The molecule has 228 valence electrons. The fourth-order valence-electron chi connectivity index (χ4n) is 5.89. The maximum atomic E-state index is 14.0. The molecule has 2 fully saturated rings. The molecule has 1 saturated heterocycles. The number of aromatic hydroxyl groups is 1. The average Bonchev–Trinajstić information content (AvgIpc) is 3.45. The number of nitrogens with one attached hydrogen (secondary N) is 1. The first kappa shape index (κ1) is 31.5. The van der Waals surface area contributed by atoms with Crippen molar-refractivity contribution in [2.45, 2.75) is 82.6 Å². The van der Waals surface area contributed by atoms with E-state index in [9.17, 15) is 19.5 Å². The molecule has 1 aliphatic carbocycles. The minimum absolute atomic E-state index is 0.0175. The van der Waals surface area contributed by atoms with E-state index in [-0.39, 0.29) is 42.6 Å². The molecule has 3 unspecified atom stereocenters. The Hall–Kier alpha value is -3.43. The van der Waals surface area contributed by atoms with E-state index in [0.29, 0.717) is 39.1 Å². The number of ether oxygens (including phenoxy) is 3. The van der Waals surface area contributed by atoms with Crippen molar-refractivity contribution >= 4 is 17.8 Å². The summed E-state index contributed by atoms with van der Waals surface area (Å²) in [7, 11) is 1.33. The van der Waals surface area contributed by atoms with E-state index in [1.807, 2.05) is 30.3 Å². The van der Waals surface area contributed by atoms with Crippen LogP contribution < -0.4 is 5.32 Å². The van der Waals surface area contributed by atoms with Gasteiger partial charge in [-0.1, -0.05) is 61.7 Å². The number of phenols is 1. The monoisotopic (exact) mass is 580 g/mol. The number of benzene rings is 2. The first-order valence-corrected chi connectivity index (χ1v) is 15.1. The second kappa shape index (κ2) is 16.3. The summed E-state index contributed by atoms with van der Waals surface area (Å²) < 4.78 is 16.9. The summed E-state index contributed by atoms with van der Waals surface area (Å²) in [6.45, 7) is 1.82. The number of carbonyl (C=O) groups excluding carboxylic acids is 3. The van der Waals surface area contributed by atoms with Crippen LogP contribution in [0.4, 0.5) is 0 Å². The van der Waals surface area contributed by atoms with Gasteiger partial charge in [0.2, 0.25) is 11.8 Å². The average molecular weight is 581 g/mol. The lowest BCUT2D eigenvalue weighted by Gasteiger charge is -2.34. The van der Waals surface area contributed by atoms with Crippen LogP contribution in [0.25, 0.3) is 0 Å². The third-order valence-corrected chi connectivity index (χ3v) is 8.20. The van der Waals surface area contributed by atoms with Gasteiger partial charge in [0.1, 0.15) is 17.8 Å². The Kier molecular flexibility index (Phi) is 12.2. The highest BCUT2D eigenvalue weighted by molar-refractivity contribution is 5.91. The lowest BCUT2D eigenvalue weighted by Crippen LogP contribution is -2.55. The van der Waals surface area contributed by atoms with E-state index in [2.05, 4.69) is 5.32 Å². The van der Waals surface area contributed by atoms with E-state index in [1.54, 1.807) is 29.2 Å². The van der Waals surface area contributed by atoms with Gasteiger partial charge in [0, 0.05) is 32.6 Å². The van der Waals surface area contributed by atoms with Crippen LogP contribution in [0.5, 0.6) is 5.75 Å². The van der Waals surface area contributed by atoms with Gasteiger partial charge in [-0.05, 0) is 54.9 Å². The summed E-state index contributed by atoms with van der Waals surface area (Å²) in [6, 6.07) is 15.3. The van der Waals surface area contributed by atoms with Crippen molar-refractivity contribution in [3.05, 3.63) is 65.7 Å². The van der Waals surface area contributed by atoms with E-state index in [1.165, 1.54) is 7.11 Å². The van der Waals surface area contributed by atoms with Gasteiger partial charge >= 0.3 is 5.97 Å². The number of hydrogen-bond acceptors (Lipinski definition) is 7. The van der Waals surface area contributed by atoms with E-state index in [0.717, 1.165) is 43.2 Å². The molecule has 4 rings (SSSR count). The van der Waals surface area contributed by atoms with Crippen LogP contribution in [0.1, 0.15) is 62.5 Å². The number of carbonyl (C=O) groups is 3. The third-order valence-electron chi connectivity index (χ3n) is 8.20. The van der Waals surface area contributed by atoms with Gasteiger partial charge in [0.15, 0.2) is 0 Å². The van der Waals surface area contributed by atoms with E-state index < -0.39 is 18.1 Å². The number of esters is 1. The van der Waals surface area contributed by atoms with Crippen molar-refractivity contribution < 1.29 is 33.7 Å². The number of rotatable bonds is 14. The molecule has 2 aromatic carbocycles. The summed E-state index contributed by atoms with van der Waals surface area (Å²) in [5.41, 5.74) is 2.04. The van der Waals surface area contributed by atoms with Crippen molar-refractivity contribution in [3.63, 3.8) is 0 Å². The first-order valence-electron chi connectivity index (χ1n) is 15.1. The lowest BCUT2D eigenvalue weighted by atomic mass is 9.83. The van der Waals surface area contributed by atoms with Crippen molar-refractivity contribution in [2.75, 3.05) is 26.9 Å². The Morgan fingerprint density at radius 3 is 2.43 bits per heavy atom. The fraction of sp³-hybridized carbons (Fsp3) is 0.545. The van der Waals surface area contributed by atoms with Gasteiger partial charge in [0.05, 0.1) is 19.8 Å². The molecule has 0 radical (unpaired) electrons. The quantitative estimate of drug-likeness (QED) is 0.255. The number of aryl methyl sites for hydroxylation is 1. The topological polar surface area (TPSA) is 114 Å². The molecule has 3 atom stereocenters. The number of phenolic OH excluding ortho intramolecular Hbond substituents is 1. The molecule has 2 aromatic rings. The SMILES string of the molecule is COC(=O)C1CC(OCCCOCc2ccccc2)CN1C(=O)C(NC(=O)CCc1ccc(O)cc1)C1CCCCC1. The van der Waals surface area contributed by atoms with Gasteiger partial charge in [-0.15, -0.1) is 0 Å². The predicted octanol–water partition coefficient (Wildman–Crippen LogP) is 4.16. The van der Waals surface area contributed by atoms with Crippen LogP contribution >= 0.6 is 0 Å². The molecule has 2 aliphatic rings. The Morgan fingerprint density at radius 2 is 1.71 bits per heavy atom. The predicted molar refractivity (Wildman–Crippen MR) is 158 cm³/mol. The molecular weight excluding hydrogens is 536 g/mol. The number of likely N-dealkylation sites (tertiary alicyclic amines) is 1. The summed E-state index contributed by atoms with van der Waals surface area (Å²) in [5.74, 6) is -0.724. The second-order valence-corrected chi connectivity index (χ2v) is 11.3. The normalized spacial score (nSPS) is 19.8. The third kappa shape index (κ3) is 9.29. The van der Waals surface area contributed by atoms with Crippen LogP contribution in [0.2, 0.25) is 0 Å². The van der Waals surface area contributed by atoms with Gasteiger partial charge in [-0.2, -0.15) is 0 Å². The minimum Gasteiger partial charge on any atom is -0.508 e. The van der Waals surface area contributed by atoms with Crippen LogP contribution in [0.15, 0.2) is 54.6 Å². The maximum Gasteiger partial charge on any atom is 0.328 e. The zero-order valence-electron chi connectivity index (χ0n) is 24.5. The van der Waals surface area contributed by atoms with Crippen molar-refractivity contribution in [1.29, 1.82) is 0 Å². The zero-order valence-corrected chi connectivity index (χ0v) is 24.5. The standard InChI is InChI=1S/C33H44N2O7/c1-40-33(39)29-21-28(42-20-8-19-41-23-25-9-4-2-5-10-25)22-35(29)32(38)31(26-11-6-3-7-12-26)34-30(37)18-15-24-13-16-27(36)17-14-24/h2,4-5,9-10,13-14,16-17,26,28-29,31,36H,3,6-8,11-12,15,18-23H2,1H3,(H,34,37). The molecular formula is C33H44N2O7. The summed E-state index contributed by atoms with van der Waals surface area (Å²) in [4.78, 5) is 41.4. The molecule has 9 nitrogen and oxygen atoms in total. The molecule has 2 N–H and O–H groups in total. The summed E-state index contributed by atoms with van der Waals surface area (Å²) >= 11 is 0. The molecule has 2 amide bonds. The molecule has 1 heterocycles. The Labute approximate surface area is 248 Å². The highest BCUT2D eigenvalue weighted by Gasteiger charge is 2.44. The number of amides is 2. The molecule has 0 aromatic heterocycles. The fourth-order valence-corrected chi connectivity index (χ4v) is 5.89. The van der Waals surface area contributed by atoms with Gasteiger partial charge < -0.3 is 29.5 Å². The smallest absolute Gasteiger partial charge is 0.328 e.